The van der Waals surface area contributed by atoms with Gasteiger partial charge in [0.2, 0.25) is 5.91 Å². The van der Waals surface area contributed by atoms with Crippen LogP contribution in [-0.2, 0) is 9.59 Å². The van der Waals surface area contributed by atoms with E-state index in [1.807, 2.05) is 26.0 Å². The molecule has 0 N–H and O–H groups in total. The van der Waals surface area contributed by atoms with E-state index in [9.17, 15) is 9.59 Å². The molecule has 1 aliphatic rings. The Morgan fingerprint density at radius 2 is 1.85 bits per heavy atom. The second-order valence-electron chi connectivity index (χ2n) is 6.79. The molecular formula is C21H23ClN2O3. The van der Waals surface area contributed by atoms with E-state index in [-0.39, 0.29) is 18.4 Å². The molecule has 0 saturated carbocycles. The predicted octanol–water partition coefficient (Wildman–Crippen LogP) is 3.60. The molecule has 0 spiro atoms. The first-order chi connectivity index (χ1) is 12.9. The van der Waals surface area contributed by atoms with Crippen molar-refractivity contribution in [2.45, 2.75) is 26.8 Å². The lowest BCUT2D eigenvalue weighted by Gasteiger charge is -2.39. The maximum atomic E-state index is 12.9. The zero-order valence-electron chi connectivity index (χ0n) is 15.7. The lowest BCUT2D eigenvalue weighted by Crippen LogP contribution is -2.58. The second-order valence-corrected chi connectivity index (χ2v) is 7.22. The van der Waals surface area contributed by atoms with Crippen LogP contribution in [0, 0.1) is 13.8 Å². The SMILES string of the molecule is Cc1ccc(N2CCN(C(=O)COc3ccc(Cl)cc3)[C@H](C)C2=O)c(C)c1. The fourth-order valence-corrected chi connectivity index (χ4v) is 3.44. The average molecular weight is 387 g/mol. The predicted molar refractivity (Wildman–Crippen MR) is 106 cm³/mol. The molecule has 142 valence electrons. The van der Waals surface area contributed by atoms with Gasteiger partial charge in [-0.15, -0.1) is 0 Å². The van der Waals surface area contributed by atoms with Crippen LogP contribution < -0.4 is 9.64 Å². The highest BCUT2D eigenvalue weighted by Gasteiger charge is 2.35. The van der Waals surface area contributed by atoms with Crippen molar-refractivity contribution < 1.29 is 14.3 Å². The van der Waals surface area contributed by atoms with Gasteiger partial charge in [0.15, 0.2) is 6.61 Å². The highest BCUT2D eigenvalue weighted by Crippen LogP contribution is 2.25. The minimum atomic E-state index is -0.527. The van der Waals surface area contributed by atoms with Crippen LogP contribution in [0.5, 0.6) is 5.75 Å². The molecule has 27 heavy (non-hydrogen) atoms. The largest absolute Gasteiger partial charge is 0.484 e. The van der Waals surface area contributed by atoms with Gasteiger partial charge in [0.1, 0.15) is 11.8 Å². The molecule has 5 nitrogen and oxygen atoms in total. The number of halogens is 1. The van der Waals surface area contributed by atoms with Crippen molar-refractivity contribution in [2.75, 3.05) is 24.6 Å². The quantitative estimate of drug-likeness (QED) is 0.806. The van der Waals surface area contributed by atoms with E-state index in [0.717, 1.165) is 16.8 Å². The zero-order valence-corrected chi connectivity index (χ0v) is 16.5. The topological polar surface area (TPSA) is 49.9 Å². The number of hydrogen-bond donors (Lipinski definition) is 0. The molecule has 1 fully saturated rings. The summed E-state index contributed by atoms with van der Waals surface area (Å²) in [6.07, 6.45) is 0. The summed E-state index contributed by atoms with van der Waals surface area (Å²) in [6.45, 7) is 6.63. The van der Waals surface area contributed by atoms with Gasteiger partial charge < -0.3 is 14.5 Å². The fraction of sp³-hybridized carbons (Fsp3) is 0.333. The van der Waals surface area contributed by atoms with Crippen LogP contribution in [0.25, 0.3) is 0 Å². The van der Waals surface area contributed by atoms with E-state index in [1.54, 1.807) is 41.0 Å². The third-order valence-electron chi connectivity index (χ3n) is 4.79. The minimum absolute atomic E-state index is 0.0759. The number of rotatable bonds is 4. The van der Waals surface area contributed by atoms with E-state index in [1.165, 1.54) is 0 Å². The summed E-state index contributed by atoms with van der Waals surface area (Å²) >= 11 is 5.84. The highest BCUT2D eigenvalue weighted by atomic mass is 35.5. The summed E-state index contributed by atoms with van der Waals surface area (Å²) < 4.78 is 5.53. The van der Waals surface area contributed by atoms with Crippen molar-refractivity contribution in [2.24, 2.45) is 0 Å². The summed E-state index contributed by atoms with van der Waals surface area (Å²) in [5.74, 6) is 0.291. The molecule has 1 aliphatic heterocycles. The minimum Gasteiger partial charge on any atom is -0.484 e. The normalized spacial score (nSPS) is 17.2. The average Bonchev–Trinajstić information content (AvgIpc) is 2.64. The number of amides is 2. The summed E-state index contributed by atoms with van der Waals surface area (Å²) in [5, 5.41) is 0.607. The van der Waals surface area contributed by atoms with Gasteiger partial charge in [-0.05, 0) is 56.7 Å². The molecule has 6 heteroatoms. The van der Waals surface area contributed by atoms with Crippen LogP contribution in [0.1, 0.15) is 18.1 Å². The number of nitrogens with zero attached hydrogens (tertiary/aromatic N) is 2. The number of hydrogen-bond acceptors (Lipinski definition) is 3. The lowest BCUT2D eigenvalue weighted by atomic mass is 10.1. The van der Waals surface area contributed by atoms with Crippen molar-refractivity contribution in [3.05, 3.63) is 58.6 Å². The van der Waals surface area contributed by atoms with Gasteiger partial charge in [0.25, 0.3) is 5.91 Å². The van der Waals surface area contributed by atoms with Crippen molar-refractivity contribution in [3.8, 4) is 5.75 Å². The van der Waals surface area contributed by atoms with E-state index in [4.69, 9.17) is 16.3 Å². The maximum absolute atomic E-state index is 12.9. The van der Waals surface area contributed by atoms with Gasteiger partial charge >= 0.3 is 0 Å². The smallest absolute Gasteiger partial charge is 0.261 e. The zero-order chi connectivity index (χ0) is 19.6. The van der Waals surface area contributed by atoms with Crippen molar-refractivity contribution in [1.82, 2.24) is 4.90 Å². The Kier molecular flexibility index (Phi) is 5.71. The van der Waals surface area contributed by atoms with E-state index in [0.29, 0.717) is 23.9 Å². The standard InChI is InChI=1S/C21H23ClN2O3/c1-14-4-9-19(15(2)12-14)24-11-10-23(16(3)21(24)26)20(25)13-27-18-7-5-17(22)6-8-18/h4-9,12,16H,10-11,13H2,1-3H3/t16-/m1/s1. The van der Waals surface area contributed by atoms with Crippen molar-refractivity contribution in [1.29, 1.82) is 0 Å². The van der Waals surface area contributed by atoms with E-state index in [2.05, 4.69) is 6.07 Å². The first kappa shape index (κ1) is 19.2. The van der Waals surface area contributed by atoms with Crippen LogP contribution in [0.4, 0.5) is 5.69 Å². The monoisotopic (exact) mass is 386 g/mol. The van der Waals surface area contributed by atoms with Gasteiger partial charge in [-0.3, -0.25) is 9.59 Å². The summed E-state index contributed by atoms with van der Waals surface area (Å²) in [4.78, 5) is 28.8. The molecule has 2 aromatic carbocycles. The third-order valence-corrected chi connectivity index (χ3v) is 5.05. The molecule has 1 heterocycles. The van der Waals surface area contributed by atoms with Gasteiger partial charge in [0, 0.05) is 23.8 Å². The Morgan fingerprint density at radius 1 is 1.15 bits per heavy atom. The molecule has 0 bridgehead atoms. The van der Waals surface area contributed by atoms with Crippen LogP contribution >= 0.6 is 11.6 Å². The van der Waals surface area contributed by atoms with Gasteiger partial charge in [-0.1, -0.05) is 29.3 Å². The first-order valence-electron chi connectivity index (χ1n) is 8.93. The Morgan fingerprint density at radius 3 is 2.52 bits per heavy atom. The van der Waals surface area contributed by atoms with E-state index < -0.39 is 6.04 Å². The van der Waals surface area contributed by atoms with Gasteiger partial charge in [0.05, 0.1) is 0 Å². The molecule has 2 aromatic rings. The lowest BCUT2D eigenvalue weighted by molar-refractivity contribution is -0.142. The van der Waals surface area contributed by atoms with Gasteiger partial charge in [-0.25, -0.2) is 0 Å². The number of aryl methyl sites for hydroxylation is 2. The third kappa shape index (κ3) is 4.25. The number of carbonyl (C=O) groups excluding carboxylic acids is 2. The molecule has 0 aromatic heterocycles. The van der Waals surface area contributed by atoms with Crippen LogP contribution in [0.15, 0.2) is 42.5 Å². The number of piperazine rings is 1. The Bertz CT molecular complexity index is 851. The second kappa shape index (κ2) is 8.01. The fourth-order valence-electron chi connectivity index (χ4n) is 3.32. The molecule has 1 atom stereocenters. The highest BCUT2D eigenvalue weighted by molar-refractivity contribution is 6.30. The van der Waals surface area contributed by atoms with Crippen molar-refractivity contribution in [3.63, 3.8) is 0 Å². The van der Waals surface area contributed by atoms with Gasteiger partial charge in [-0.2, -0.15) is 0 Å². The molecule has 2 amide bonds. The molecule has 0 radical (unpaired) electrons. The van der Waals surface area contributed by atoms with Crippen LogP contribution in [0.3, 0.4) is 0 Å². The molecule has 1 saturated heterocycles. The molecule has 0 aliphatic carbocycles. The Labute approximate surface area is 164 Å². The maximum Gasteiger partial charge on any atom is 0.261 e. The number of carbonyl (C=O) groups is 2. The molecular weight excluding hydrogens is 364 g/mol. The Hall–Kier alpha value is -2.53. The van der Waals surface area contributed by atoms with Crippen molar-refractivity contribution >= 4 is 29.1 Å². The van der Waals surface area contributed by atoms with Crippen LogP contribution in [0.2, 0.25) is 5.02 Å². The Balaban J connectivity index is 1.65. The number of ether oxygens (including phenoxy) is 1. The first-order valence-corrected chi connectivity index (χ1v) is 9.31. The summed E-state index contributed by atoms with van der Waals surface area (Å²) in [7, 11) is 0. The number of benzene rings is 2. The number of anilines is 1. The summed E-state index contributed by atoms with van der Waals surface area (Å²) in [6, 6.07) is 12.3. The molecule has 3 rings (SSSR count). The van der Waals surface area contributed by atoms with E-state index >= 15 is 0 Å². The summed E-state index contributed by atoms with van der Waals surface area (Å²) in [5.41, 5.74) is 3.12. The molecule has 0 unspecified atom stereocenters. The van der Waals surface area contributed by atoms with Crippen LogP contribution in [-0.4, -0.2) is 42.5 Å².